The number of thioether (sulfide) groups is 1. The topological polar surface area (TPSA) is 37.4 Å². The van der Waals surface area contributed by atoms with Crippen molar-refractivity contribution in [3.05, 3.63) is 0 Å². The van der Waals surface area contributed by atoms with Crippen LogP contribution < -0.4 is 0 Å². The van der Waals surface area contributed by atoms with Gasteiger partial charge in [-0.3, -0.25) is 9.59 Å². The summed E-state index contributed by atoms with van der Waals surface area (Å²) in [7, 11) is 1.62. The summed E-state index contributed by atoms with van der Waals surface area (Å²) in [4.78, 5) is 22.7. The zero-order valence-corrected chi connectivity index (χ0v) is 8.48. The molecule has 0 fully saturated rings. The smallest absolute Gasteiger partial charge is 0.223 e. The van der Waals surface area contributed by atoms with Crippen LogP contribution in [0.2, 0.25) is 0 Å². The molecule has 0 N–H and O–H groups in total. The van der Waals surface area contributed by atoms with Crippen LogP contribution in [-0.2, 0) is 9.59 Å². The molecule has 0 saturated heterocycles. The third kappa shape index (κ3) is 3.76. The van der Waals surface area contributed by atoms with E-state index in [4.69, 9.17) is 0 Å². The van der Waals surface area contributed by atoms with Crippen LogP contribution in [0.4, 0.5) is 0 Å². The van der Waals surface area contributed by atoms with E-state index in [2.05, 4.69) is 0 Å². The van der Waals surface area contributed by atoms with E-state index in [1.807, 2.05) is 13.2 Å². The Morgan fingerprint density at radius 1 is 1.67 bits per heavy atom. The van der Waals surface area contributed by atoms with Crippen LogP contribution in [-0.4, -0.2) is 41.7 Å². The number of hydrogen-bond donors (Lipinski definition) is 0. The molecule has 0 heterocycles. The lowest BCUT2D eigenvalue weighted by molar-refractivity contribution is -0.128. The maximum absolute atomic E-state index is 10.8. The summed E-state index contributed by atoms with van der Waals surface area (Å²) in [5.41, 5.74) is 0. The molecule has 0 rings (SSSR count). The van der Waals surface area contributed by atoms with Gasteiger partial charge in [0.1, 0.15) is 6.04 Å². The molecule has 1 atom stereocenters. The molecule has 1 unspecified atom stereocenters. The van der Waals surface area contributed by atoms with Gasteiger partial charge in [-0.2, -0.15) is 11.8 Å². The summed E-state index contributed by atoms with van der Waals surface area (Å²) in [6.07, 6.45) is 1.85. The maximum Gasteiger partial charge on any atom is 0.223 e. The van der Waals surface area contributed by atoms with Crippen molar-refractivity contribution in [2.24, 2.45) is 0 Å². The predicted molar refractivity (Wildman–Crippen MR) is 50.9 cm³/mol. The minimum Gasteiger partial charge on any atom is -0.335 e. The second-order valence-electron chi connectivity index (χ2n) is 2.42. The van der Waals surface area contributed by atoms with Crippen molar-refractivity contribution in [3.8, 4) is 0 Å². The Labute approximate surface area is 77.5 Å². The second-order valence-corrected chi connectivity index (χ2v) is 3.74. The number of rotatable bonds is 5. The summed E-state index contributed by atoms with van der Waals surface area (Å²) in [6.45, 7) is 3.46. The zero-order valence-electron chi connectivity index (χ0n) is 7.66. The van der Waals surface area contributed by atoms with Gasteiger partial charge in [0.05, 0.1) is 0 Å². The van der Waals surface area contributed by atoms with Crippen LogP contribution >= 0.6 is 11.8 Å². The highest BCUT2D eigenvalue weighted by Gasteiger charge is 2.16. The predicted octanol–water partition coefficient (Wildman–Crippen LogP) is 0.696. The largest absolute Gasteiger partial charge is 0.335 e. The molecule has 1 amide bonds. The van der Waals surface area contributed by atoms with Crippen molar-refractivity contribution in [2.75, 3.05) is 18.6 Å². The summed E-state index contributed by atoms with van der Waals surface area (Å²) in [5, 5.41) is 0. The maximum atomic E-state index is 10.8. The van der Waals surface area contributed by atoms with E-state index < -0.39 is 6.04 Å². The standard InChI is InChI=1S/C8H14NO2S/c1-4-12-6-8(5-10)9(3)7(2)11/h8H,4,6H2,1-3H3. The van der Waals surface area contributed by atoms with Gasteiger partial charge in [-0.15, -0.1) is 0 Å². The van der Waals surface area contributed by atoms with Crippen LogP contribution in [0.25, 0.3) is 0 Å². The highest BCUT2D eigenvalue weighted by atomic mass is 32.2. The molecule has 0 saturated carbocycles. The molecule has 0 aliphatic heterocycles. The van der Waals surface area contributed by atoms with Gasteiger partial charge < -0.3 is 4.90 Å². The van der Waals surface area contributed by atoms with E-state index in [1.165, 1.54) is 11.8 Å². The van der Waals surface area contributed by atoms with E-state index >= 15 is 0 Å². The highest BCUT2D eigenvalue weighted by Crippen LogP contribution is 2.05. The first-order chi connectivity index (χ1) is 5.63. The Balaban J connectivity index is 3.95. The molecule has 0 spiro atoms. The van der Waals surface area contributed by atoms with Crippen LogP contribution in [0.15, 0.2) is 0 Å². The van der Waals surface area contributed by atoms with E-state index in [0.29, 0.717) is 5.75 Å². The van der Waals surface area contributed by atoms with E-state index in [1.54, 1.807) is 18.8 Å². The molecule has 0 aromatic rings. The number of nitrogens with zero attached hydrogens (tertiary/aromatic N) is 1. The van der Waals surface area contributed by atoms with Crippen LogP contribution in [0.1, 0.15) is 13.8 Å². The Hall–Kier alpha value is -0.510. The van der Waals surface area contributed by atoms with Gasteiger partial charge in [-0.25, -0.2) is 0 Å². The lowest BCUT2D eigenvalue weighted by atomic mass is 10.3. The monoisotopic (exact) mass is 188 g/mol. The molecule has 3 nitrogen and oxygen atoms in total. The first-order valence-electron chi connectivity index (χ1n) is 3.82. The Kier molecular flexibility index (Phi) is 5.80. The third-order valence-electron chi connectivity index (χ3n) is 1.58. The van der Waals surface area contributed by atoms with Gasteiger partial charge in [0, 0.05) is 19.7 Å². The normalized spacial score (nSPS) is 12.2. The van der Waals surface area contributed by atoms with Gasteiger partial charge in [-0.1, -0.05) is 6.92 Å². The van der Waals surface area contributed by atoms with Crippen LogP contribution in [0.5, 0.6) is 0 Å². The average Bonchev–Trinajstić information content (AvgIpc) is 2.05. The molecule has 0 aromatic heterocycles. The molecular weight excluding hydrogens is 174 g/mol. The van der Waals surface area contributed by atoms with Crippen molar-refractivity contribution < 1.29 is 9.59 Å². The van der Waals surface area contributed by atoms with Crippen molar-refractivity contribution in [2.45, 2.75) is 19.9 Å². The molecule has 0 aromatic carbocycles. The van der Waals surface area contributed by atoms with Gasteiger partial charge >= 0.3 is 0 Å². The molecule has 0 bridgehead atoms. The number of likely N-dealkylation sites (N-methyl/N-ethyl adjacent to an activating group) is 1. The summed E-state index contributed by atoms with van der Waals surface area (Å²) < 4.78 is 0. The molecule has 69 valence electrons. The molecule has 0 aliphatic carbocycles. The fourth-order valence-electron chi connectivity index (χ4n) is 0.674. The number of carbonyl (C=O) groups is 1. The van der Waals surface area contributed by atoms with E-state index in [-0.39, 0.29) is 5.91 Å². The summed E-state index contributed by atoms with van der Waals surface area (Å²) >= 11 is 1.63. The highest BCUT2D eigenvalue weighted by molar-refractivity contribution is 7.99. The van der Waals surface area contributed by atoms with Crippen molar-refractivity contribution in [1.29, 1.82) is 0 Å². The first-order valence-corrected chi connectivity index (χ1v) is 4.97. The lowest BCUT2D eigenvalue weighted by Gasteiger charge is -2.20. The zero-order chi connectivity index (χ0) is 9.56. The SMILES string of the molecule is CCSCC([C]=O)N(C)C(C)=O. The van der Waals surface area contributed by atoms with E-state index in [0.717, 1.165) is 5.75 Å². The summed E-state index contributed by atoms with van der Waals surface area (Å²) in [6, 6.07) is -0.396. The molecule has 12 heavy (non-hydrogen) atoms. The number of hydrogen-bond acceptors (Lipinski definition) is 3. The minimum absolute atomic E-state index is 0.0972. The second kappa shape index (κ2) is 6.06. The van der Waals surface area contributed by atoms with Gasteiger partial charge in [0.25, 0.3) is 0 Å². The van der Waals surface area contributed by atoms with Gasteiger partial charge in [0.15, 0.2) is 0 Å². The fraction of sp³-hybridized carbons (Fsp3) is 0.750. The van der Waals surface area contributed by atoms with Gasteiger partial charge in [-0.05, 0) is 5.75 Å². The number of amides is 1. The molecule has 0 aliphatic rings. The Morgan fingerprint density at radius 3 is 2.58 bits per heavy atom. The molecular formula is C8H14NO2S. The minimum atomic E-state index is -0.396. The first kappa shape index (κ1) is 11.5. The average molecular weight is 188 g/mol. The quantitative estimate of drug-likeness (QED) is 0.637. The van der Waals surface area contributed by atoms with E-state index in [9.17, 15) is 9.59 Å². The Morgan fingerprint density at radius 2 is 2.25 bits per heavy atom. The Bertz CT molecular complexity index is 161. The summed E-state index contributed by atoms with van der Waals surface area (Å²) in [5.74, 6) is 1.49. The van der Waals surface area contributed by atoms with Crippen LogP contribution in [0.3, 0.4) is 0 Å². The molecule has 4 heteroatoms. The third-order valence-corrected chi connectivity index (χ3v) is 2.54. The van der Waals surface area contributed by atoms with Crippen molar-refractivity contribution >= 4 is 24.0 Å². The van der Waals surface area contributed by atoms with Gasteiger partial charge in [0.2, 0.25) is 12.2 Å². The number of carbonyl (C=O) groups excluding carboxylic acids is 2. The van der Waals surface area contributed by atoms with Crippen molar-refractivity contribution in [1.82, 2.24) is 4.90 Å². The molecule has 1 radical (unpaired) electrons. The fourth-order valence-corrected chi connectivity index (χ4v) is 1.42. The lowest BCUT2D eigenvalue weighted by Crippen LogP contribution is -2.38. The van der Waals surface area contributed by atoms with Crippen molar-refractivity contribution in [3.63, 3.8) is 0 Å². The van der Waals surface area contributed by atoms with Crippen LogP contribution in [0, 0.1) is 0 Å².